The molecular formula is C30H33ClN2O2. The van der Waals surface area contributed by atoms with E-state index in [1.807, 2.05) is 79.7 Å². The van der Waals surface area contributed by atoms with Gasteiger partial charge in [-0.1, -0.05) is 91.2 Å². The fourth-order valence-electron chi connectivity index (χ4n) is 4.82. The molecule has 4 rings (SSSR count). The lowest BCUT2D eigenvalue weighted by Gasteiger charge is -2.33. The Morgan fingerprint density at radius 3 is 2.34 bits per heavy atom. The van der Waals surface area contributed by atoms with Gasteiger partial charge in [0.25, 0.3) is 0 Å². The highest BCUT2D eigenvalue weighted by molar-refractivity contribution is 6.30. The van der Waals surface area contributed by atoms with Crippen molar-refractivity contribution >= 4 is 23.4 Å². The van der Waals surface area contributed by atoms with E-state index >= 15 is 0 Å². The summed E-state index contributed by atoms with van der Waals surface area (Å²) in [7, 11) is 0. The Morgan fingerprint density at radius 2 is 1.63 bits per heavy atom. The van der Waals surface area contributed by atoms with E-state index in [4.69, 9.17) is 11.6 Å². The Hall–Kier alpha value is -3.11. The maximum Gasteiger partial charge on any atom is 0.243 e. The molecule has 0 spiro atoms. The smallest absolute Gasteiger partial charge is 0.243 e. The van der Waals surface area contributed by atoms with Crippen LogP contribution in [0.4, 0.5) is 0 Å². The first-order valence-corrected chi connectivity index (χ1v) is 12.8. The number of aryl methyl sites for hydroxylation is 1. The van der Waals surface area contributed by atoms with Gasteiger partial charge >= 0.3 is 0 Å². The summed E-state index contributed by atoms with van der Waals surface area (Å²) in [5.41, 5.74) is 4.01. The lowest BCUT2D eigenvalue weighted by molar-refractivity contribution is -0.141. The summed E-state index contributed by atoms with van der Waals surface area (Å²) in [6, 6.07) is 24.9. The number of carbonyl (C=O) groups is 2. The van der Waals surface area contributed by atoms with Gasteiger partial charge in [0.2, 0.25) is 11.8 Å². The monoisotopic (exact) mass is 488 g/mol. The predicted molar refractivity (Wildman–Crippen MR) is 141 cm³/mol. The van der Waals surface area contributed by atoms with Crippen molar-refractivity contribution in [2.24, 2.45) is 0 Å². The van der Waals surface area contributed by atoms with Gasteiger partial charge in [0.1, 0.15) is 6.04 Å². The first-order chi connectivity index (χ1) is 17.0. The Morgan fingerprint density at radius 1 is 0.943 bits per heavy atom. The predicted octanol–water partition coefficient (Wildman–Crippen LogP) is 5.89. The van der Waals surface area contributed by atoms with Gasteiger partial charge in [-0.15, -0.1) is 0 Å². The van der Waals surface area contributed by atoms with Crippen molar-refractivity contribution in [3.8, 4) is 0 Å². The maximum absolute atomic E-state index is 13.8. The number of carbonyl (C=O) groups excluding carboxylic acids is 2. The number of hydrogen-bond acceptors (Lipinski definition) is 2. The highest BCUT2D eigenvalue weighted by Gasteiger charge is 2.32. The summed E-state index contributed by atoms with van der Waals surface area (Å²) in [6.07, 6.45) is 4.92. The summed E-state index contributed by atoms with van der Waals surface area (Å²) in [5.74, 6) is -0.160. The molecule has 1 aliphatic carbocycles. The molecule has 35 heavy (non-hydrogen) atoms. The zero-order chi connectivity index (χ0) is 24.6. The lowest BCUT2D eigenvalue weighted by atomic mass is 10.00. The van der Waals surface area contributed by atoms with Crippen molar-refractivity contribution in [3.05, 3.63) is 106 Å². The molecule has 1 saturated carbocycles. The third kappa shape index (κ3) is 6.95. The summed E-state index contributed by atoms with van der Waals surface area (Å²) >= 11 is 6.18. The molecule has 1 atom stereocenters. The molecule has 5 heteroatoms. The average molecular weight is 489 g/mol. The van der Waals surface area contributed by atoms with E-state index in [1.165, 1.54) is 0 Å². The molecule has 0 aromatic heterocycles. The van der Waals surface area contributed by atoms with Gasteiger partial charge in [-0.05, 0) is 54.2 Å². The minimum atomic E-state index is -0.607. The molecule has 2 amide bonds. The largest absolute Gasteiger partial charge is 0.352 e. The van der Waals surface area contributed by atoms with Crippen LogP contribution in [-0.4, -0.2) is 28.8 Å². The van der Waals surface area contributed by atoms with Crippen LogP contribution in [0.25, 0.3) is 0 Å². The standard InChI is InChI=1S/C30H33ClN2O2/c1-22-10-5-6-14-25(22)21-33(29(34)20-24-13-9-15-26(31)18-24)28(19-23-11-3-2-4-12-23)30(35)32-27-16-7-8-17-27/h2-6,9-15,18,27-28H,7-8,16-17,19-21H2,1H3,(H,32,35)/t28-/m0/s1. The first kappa shape index (κ1) is 25.0. The van der Waals surface area contributed by atoms with Crippen LogP contribution >= 0.6 is 11.6 Å². The lowest BCUT2D eigenvalue weighted by Crippen LogP contribution is -2.52. The van der Waals surface area contributed by atoms with Gasteiger partial charge in [-0.2, -0.15) is 0 Å². The number of nitrogens with one attached hydrogen (secondary N) is 1. The van der Waals surface area contributed by atoms with Crippen molar-refractivity contribution < 1.29 is 9.59 Å². The Bertz CT molecular complexity index is 1140. The number of benzene rings is 3. The van der Waals surface area contributed by atoms with Crippen LogP contribution in [0, 0.1) is 6.92 Å². The number of hydrogen-bond donors (Lipinski definition) is 1. The van der Waals surface area contributed by atoms with E-state index in [1.54, 1.807) is 11.0 Å². The molecule has 0 aliphatic heterocycles. The number of nitrogens with zero attached hydrogens (tertiary/aromatic N) is 1. The van der Waals surface area contributed by atoms with E-state index < -0.39 is 6.04 Å². The normalized spacial score (nSPS) is 14.5. The van der Waals surface area contributed by atoms with E-state index in [2.05, 4.69) is 5.32 Å². The van der Waals surface area contributed by atoms with Crippen LogP contribution in [0.3, 0.4) is 0 Å². The molecule has 4 nitrogen and oxygen atoms in total. The van der Waals surface area contributed by atoms with Crippen molar-refractivity contribution in [3.63, 3.8) is 0 Å². The van der Waals surface area contributed by atoms with Crippen LogP contribution in [0.5, 0.6) is 0 Å². The van der Waals surface area contributed by atoms with Crippen LogP contribution in [0.15, 0.2) is 78.9 Å². The quantitative estimate of drug-likeness (QED) is 0.408. The Kier molecular flexibility index (Phi) is 8.59. The van der Waals surface area contributed by atoms with Gasteiger partial charge in [-0.3, -0.25) is 9.59 Å². The van der Waals surface area contributed by atoms with Gasteiger partial charge < -0.3 is 10.2 Å². The van der Waals surface area contributed by atoms with Gasteiger partial charge in [-0.25, -0.2) is 0 Å². The number of rotatable bonds is 9. The molecule has 1 aliphatic rings. The van der Waals surface area contributed by atoms with Crippen molar-refractivity contribution in [1.29, 1.82) is 0 Å². The molecule has 182 valence electrons. The molecule has 0 unspecified atom stereocenters. The summed E-state index contributed by atoms with van der Waals surface area (Å²) in [6.45, 7) is 2.42. The molecule has 3 aromatic rings. The van der Waals surface area contributed by atoms with Gasteiger partial charge in [0.15, 0.2) is 0 Å². The van der Waals surface area contributed by atoms with Crippen LogP contribution in [-0.2, 0) is 29.0 Å². The van der Waals surface area contributed by atoms with Crippen molar-refractivity contribution in [1.82, 2.24) is 10.2 Å². The second-order valence-electron chi connectivity index (χ2n) is 9.45. The number of halogens is 1. The topological polar surface area (TPSA) is 49.4 Å². The molecule has 0 heterocycles. The highest BCUT2D eigenvalue weighted by Crippen LogP contribution is 2.22. The average Bonchev–Trinajstić information content (AvgIpc) is 3.36. The van der Waals surface area contributed by atoms with Crippen molar-refractivity contribution in [2.75, 3.05) is 0 Å². The fraction of sp³-hybridized carbons (Fsp3) is 0.333. The second kappa shape index (κ2) is 12.0. The first-order valence-electron chi connectivity index (χ1n) is 12.4. The van der Waals surface area contributed by atoms with E-state index in [0.29, 0.717) is 18.0 Å². The summed E-state index contributed by atoms with van der Waals surface area (Å²) in [4.78, 5) is 29.3. The van der Waals surface area contributed by atoms with Crippen LogP contribution in [0.1, 0.15) is 47.9 Å². The van der Waals surface area contributed by atoms with E-state index in [9.17, 15) is 9.59 Å². The van der Waals surface area contributed by atoms with Crippen LogP contribution < -0.4 is 5.32 Å². The molecule has 1 fully saturated rings. The van der Waals surface area contributed by atoms with Crippen molar-refractivity contribution in [2.45, 2.75) is 64.1 Å². The maximum atomic E-state index is 13.8. The highest BCUT2D eigenvalue weighted by atomic mass is 35.5. The van der Waals surface area contributed by atoms with Gasteiger partial charge in [0.05, 0.1) is 6.42 Å². The Balaban J connectivity index is 1.67. The summed E-state index contributed by atoms with van der Waals surface area (Å²) < 4.78 is 0. The molecule has 3 aromatic carbocycles. The number of amides is 2. The zero-order valence-electron chi connectivity index (χ0n) is 20.3. The molecule has 0 radical (unpaired) electrons. The minimum absolute atomic E-state index is 0.0752. The van der Waals surface area contributed by atoms with Crippen LogP contribution in [0.2, 0.25) is 5.02 Å². The third-order valence-corrected chi connectivity index (χ3v) is 7.05. The third-order valence-electron chi connectivity index (χ3n) is 6.82. The van der Waals surface area contributed by atoms with Gasteiger partial charge in [0, 0.05) is 24.0 Å². The molecular weight excluding hydrogens is 456 g/mol. The summed E-state index contributed by atoms with van der Waals surface area (Å²) in [5, 5.41) is 3.85. The Labute approximate surface area is 213 Å². The SMILES string of the molecule is Cc1ccccc1CN(C(=O)Cc1cccc(Cl)c1)[C@@H](Cc1ccccc1)C(=O)NC1CCCC1. The minimum Gasteiger partial charge on any atom is -0.352 e. The molecule has 1 N–H and O–H groups in total. The molecule has 0 saturated heterocycles. The molecule has 0 bridgehead atoms. The van der Waals surface area contributed by atoms with E-state index in [-0.39, 0.29) is 24.3 Å². The second-order valence-corrected chi connectivity index (χ2v) is 9.89. The van der Waals surface area contributed by atoms with E-state index in [0.717, 1.165) is 47.9 Å². The zero-order valence-corrected chi connectivity index (χ0v) is 21.0. The fourth-order valence-corrected chi connectivity index (χ4v) is 5.03.